The summed E-state index contributed by atoms with van der Waals surface area (Å²) in [5.74, 6) is -0.629. The number of carbonyl (C=O) groups is 1. The molecule has 0 saturated carbocycles. The van der Waals surface area contributed by atoms with Crippen LogP contribution in [-0.4, -0.2) is 51.9 Å². The van der Waals surface area contributed by atoms with E-state index in [1.165, 1.54) is 49.0 Å². The molecule has 0 unspecified atom stereocenters. The molecule has 1 heterocycles. The molecule has 2 aliphatic rings. The number of allylic oxidation sites excluding steroid dienone is 1. The van der Waals surface area contributed by atoms with Gasteiger partial charge in [-0.15, -0.1) is 0 Å². The Bertz CT molecular complexity index is 1350. The third-order valence-corrected chi connectivity index (χ3v) is 8.61. The lowest BCUT2D eigenvalue weighted by molar-refractivity contribution is 0.0981. The monoisotopic (exact) mass is 515 g/mol. The van der Waals surface area contributed by atoms with Gasteiger partial charge in [0.25, 0.3) is 15.9 Å². The molecule has 0 radical (unpaired) electrons. The van der Waals surface area contributed by atoms with Crippen molar-refractivity contribution in [1.29, 1.82) is 0 Å². The number of anilines is 1. The Morgan fingerprint density at radius 1 is 0.757 bits per heavy atom. The molecule has 5 rings (SSSR count). The van der Waals surface area contributed by atoms with Crippen molar-refractivity contribution in [3.8, 4) is 0 Å². The molecule has 1 fully saturated rings. The van der Waals surface area contributed by atoms with Crippen molar-refractivity contribution in [2.24, 2.45) is 0 Å². The maximum atomic E-state index is 12.6. The fourth-order valence-corrected chi connectivity index (χ4v) is 6.22. The Morgan fingerprint density at radius 2 is 1.38 bits per heavy atom. The van der Waals surface area contributed by atoms with Crippen LogP contribution in [0.2, 0.25) is 0 Å². The number of benzene rings is 3. The van der Waals surface area contributed by atoms with Gasteiger partial charge in [0, 0.05) is 44.0 Å². The van der Waals surface area contributed by atoms with E-state index in [1.54, 1.807) is 35.9 Å². The van der Waals surface area contributed by atoms with E-state index in [2.05, 4.69) is 44.9 Å². The quantitative estimate of drug-likeness (QED) is 0.482. The van der Waals surface area contributed by atoms with E-state index in [9.17, 15) is 13.2 Å². The molecule has 1 aliphatic carbocycles. The number of nitrogens with zero attached hydrogens (tertiary/aromatic N) is 2. The van der Waals surface area contributed by atoms with Crippen LogP contribution >= 0.6 is 0 Å². The van der Waals surface area contributed by atoms with Gasteiger partial charge in [0.05, 0.1) is 4.90 Å². The van der Waals surface area contributed by atoms with Gasteiger partial charge >= 0.3 is 0 Å². The van der Waals surface area contributed by atoms with Crippen LogP contribution in [0.3, 0.4) is 0 Å². The zero-order chi connectivity index (χ0) is 25.7. The number of nitrogens with one attached hydrogen (secondary N) is 1. The average molecular weight is 516 g/mol. The van der Waals surface area contributed by atoms with Gasteiger partial charge in [-0.05, 0) is 73.2 Å². The topological polar surface area (TPSA) is 69.7 Å². The summed E-state index contributed by atoms with van der Waals surface area (Å²) in [6, 6.07) is 25.9. The summed E-state index contributed by atoms with van der Waals surface area (Å²) in [7, 11) is -3.90. The number of rotatable bonds is 7. The Hall–Kier alpha value is -3.42. The molecule has 3 aromatic carbocycles. The van der Waals surface area contributed by atoms with Gasteiger partial charge in [-0.2, -0.15) is 0 Å². The van der Waals surface area contributed by atoms with E-state index < -0.39 is 15.9 Å². The largest absolute Gasteiger partial charge is 0.369 e. The first-order chi connectivity index (χ1) is 18.0. The summed E-state index contributed by atoms with van der Waals surface area (Å²) in [5.41, 5.74) is 5.87. The van der Waals surface area contributed by atoms with Gasteiger partial charge in [0.1, 0.15) is 0 Å². The minimum atomic E-state index is -3.90. The third-order valence-electron chi connectivity index (χ3n) is 7.27. The highest BCUT2D eigenvalue weighted by Gasteiger charge is 2.22. The van der Waals surface area contributed by atoms with E-state index in [0.29, 0.717) is 5.56 Å². The summed E-state index contributed by atoms with van der Waals surface area (Å²) in [6.45, 7) is 4.85. The third kappa shape index (κ3) is 6.12. The minimum absolute atomic E-state index is 0.0673. The molecular weight excluding hydrogens is 482 g/mol. The van der Waals surface area contributed by atoms with Crippen molar-refractivity contribution in [2.75, 3.05) is 37.6 Å². The summed E-state index contributed by atoms with van der Waals surface area (Å²) < 4.78 is 27.1. The molecule has 192 valence electrons. The van der Waals surface area contributed by atoms with E-state index in [4.69, 9.17) is 0 Å². The van der Waals surface area contributed by atoms with E-state index >= 15 is 0 Å². The Morgan fingerprint density at radius 3 is 2.05 bits per heavy atom. The van der Waals surface area contributed by atoms with Crippen molar-refractivity contribution in [1.82, 2.24) is 9.62 Å². The summed E-state index contributed by atoms with van der Waals surface area (Å²) >= 11 is 0. The highest BCUT2D eigenvalue weighted by Crippen LogP contribution is 2.33. The second kappa shape index (κ2) is 11.3. The normalized spacial score (nSPS) is 17.0. The standard InChI is InChI=1S/C30H33N3O3S/c34-30(31-37(35,36)28-12-5-2-6-13-28)25-15-17-27(18-16-25)33-21-19-32(20-22-33)23-26-11-7-8-14-29(26)24-9-3-1-4-10-24/h1-6,9-10,12-13,15-18H,7-8,11,14,19-23H2,(H,31,34). The molecule has 1 aliphatic heterocycles. The Balaban J connectivity index is 1.18. The smallest absolute Gasteiger partial charge is 0.264 e. The molecule has 7 heteroatoms. The molecule has 1 saturated heterocycles. The van der Waals surface area contributed by atoms with Crippen molar-refractivity contribution >= 4 is 27.2 Å². The Kier molecular flexibility index (Phi) is 7.72. The first-order valence-corrected chi connectivity index (χ1v) is 14.4. The number of hydrogen-bond donors (Lipinski definition) is 1. The number of sulfonamides is 1. The predicted molar refractivity (Wildman–Crippen MR) is 148 cm³/mol. The van der Waals surface area contributed by atoms with Crippen molar-refractivity contribution in [3.63, 3.8) is 0 Å². The molecule has 0 aromatic heterocycles. The lowest BCUT2D eigenvalue weighted by Gasteiger charge is -2.37. The van der Waals surface area contributed by atoms with Crippen LogP contribution < -0.4 is 9.62 Å². The van der Waals surface area contributed by atoms with Crippen LogP contribution in [-0.2, 0) is 10.0 Å². The summed E-state index contributed by atoms with van der Waals surface area (Å²) in [4.78, 5) is 17.5. The molecule has 1 N–H and O–H groups in total. The Labute approximate surface area is 219 Å². The van der Waals surface area contributed by atoms with Crippen LogP contribution in [0.15, 0.2) is 95.4 Å². The van der Waals surface area contributed by atoms with E-state index in [-0.39, 0.29) is 4.90 Å². The van der Waals surface area contributed by atoms with Crippen LogP contribution in [0.25, 0.3) is 5.57 Å². The number of hydrogen-bond acceptors (Lipinski definition) is 5. The van der Waals surface area contributed by atoms with Crippen molar-refractivity contribution in [2.45, 2.75) is 30.6 Å². The van der Waals surface area contributed by atoms with E-state index in [1.807, 2.05) is 12.1 Å². The zero-order valence-electron chi connectivity index (χ0n) is 21.0. The van der Waals surface area contributed by atoms with Crippen molar-refractivity contribution < 1.29 is 13.2 Å². The number of carbonyl (C=O) groups excluding carboxylic acids is 1. The SMILES string of the molecule is O=C(NS(=O)(=O)c1ccccc1)c1ccc(N2CCN(CC3=C(c4ccccc4)CCCC3)CC2)cc1. The second-order valence-corrected chi connectivity index (χ2v) is 11.4. The zero-order valence-corrected chi connectivity index (χ0v) is 21.8. The maximum Gasteiger partial charge on any atom is 0.264 e. The van der Waals surface area contributed by atoms with Crippen molar-refractivity contribution in [3.05, 3.63) is 102 Å². The molecule has 0 atom stereocenters. The molecule has 0 spiro atoms. The fraction of sp³-hybridized carbons (Fsp3) is 0.300. The minimum Gasteiger partial charge on any atom is -0.369 e. The van der Waals surface area contributed by atoms with Gasteiger partial charge in [0.2, 0.25) is 0 Å². The lowest BCUT2D eigenvalue weighted by atomic mass is 9.87. The molecule has 1 amide bonds. The molecule has 37 heavy (non-hydrogen) atoms. The molecule has 3 aromatic rings. The lowest BCUT2D eigenvalue weighted by Crippen LogP contribution is -2.47. The summed E-state index contributed by atoms with van der Waals surface area (Å²) in [5, 5.41) is 0. The van der Waals surface area contributed by atoms with Gasteiger partial charge in [0.15, 0.2) is 0 Å². The molecular formula is C30H33N3O3S. The average Bonchev–Trinajstić information content (AvgIpc) is 2.95. The summed E-state index contributed by atoms with van der Waals surface area (Å²) in [6.07, 6.45) is 4.91. The van der Waals surface area contributed by atoms with E-state index in [0.717, 1.165) is 38.4 Å². The number of piperazine rings is 1. The van der Waals surface area contributed by atoms with Gasteiger partial charge in [-0.25, -0.2) is 13.1 Å². The van der Waals surface area contributed by atoms with Crippen LogP contribution in [0.1, 0.15) is 41.6 Å². The van der Waals surface area contributed by atoms with Crippen LogP contribution in [0.5, 0.6) is 0 Å². The first kappa shape index (κ1) is 25.2. The van der Waals surface area contributed by atoms with Crippen LogP contribution in [0.4, 0.5) is 5.69 Å². The van der Waals surface area contributed by atoms with Crippen LogP contribution in [0, 0.1) is 0 Å². The first-order valence-electron chi connectivity index (χ1n) is 13.0. The maximum absolute atomic E-state index is 12.6. The van der Waals surface area contributed by atoms with Gasteiger partial charge in [-0.3, -0.25) is 9.69 Å². The molecule has 6 nitrogen and oxygen atoms in total. The highest BCUT2D eigenvalue weighted by atomic mass is 32.2. The fourth-order valence-electron chi connectivity index (χ4n) is 5.23. The predicted octanol–water partition coefficient (Wildman–Crippen LogP) is 4.96. The second-order valence-electron chi connectivity index (χ2n) is 9.71. The number of amides is 1. The van der Waals surface area contributed by atoms with Gasteiger partial charge < -0.3 is 4.90 Å². The van der Waals surface area contributed by atoms with Gasteiger partial charge in [-0.1, -0.05) is 54.1 Å². The highest BCUT2D eigenvalue weighted by molar-refractivity contribution is 7.90. The molecule has 0 bridgehead atoms.